The summed E-state index contributed by atoms with van der Waals surface area (Å²) in [5.74, 6) is 0.401. The molecular formula is C19H23ClN2O2. The average molecular weight is 347 g/mol. The fourth-order valence-corrected chi connectivity index (χ4v) is 2.77. The van der Waals surface area contributed by atoms with E-state index in [9.17, 15) is 4.79 Å². The second kappa shape index (κ2) is 8.60. The van der Waals surface area contributed by atoms with Gasteiger partial charge in [0.05, 0.1) is 17.9 Å². The summed E-state index contributed by atoms with van der Waals surface area (Å²) in [6.45, 7) is 8.26. The number of amides is 1. The third-order valence-corrected chi connectivity index (χ3v) is 3.95. The minimum absolute atomic E-state index is 0.213. The number of nitrogens with one attached hydrogen (secondary N) is 1. The molecule has 24 heavy (non-hydrogen) atoms. The lowest BCUT2D eigenvalue weighted by molar-refractivity contribution is 0.102. The largest absolute Gasteiger partial charge is 0.491 e. The first kappa shape index (κ1) is 18.1. The Morgan fingerprint density at radius 1 is 1.12 bits per heavy atom. The Kier molecular flexibility index (Phi) is 6.50. The van der Waals surface area contributed by atoms with Crippen molar-refractivity contribution in [2.45, 2.75) is 20.8 Å². The predicted molar refractivity (Wildman–Crippen MR) is 101 cm³/mol. The van der Waals surface area contributed by atoms with Crippen LogP contribution < -0.4 is 15.0 Å². The molecule has 0 spiro atoms. The van der Waals surface area contributed by atoms with E-state index < -0.39 is 0 Å². The average Bonchev–Trinajstić information content (AvgIpc) is 2.57. The molecule has 2 rings (SSSR count). The van der Waals surface area contributed by atoms with Crippen LogP contribution >= 0.6 is 11.6 Å². The molecule has 0 aliphatic carbocycles. The van der Waals surface area contributed by atoms with Crippen molar-refractivity contribution in [2.24, 2.45) is 0 Å². The number of rotatable bonds is 7. The Bertz CT molecular complexity index is 700. The summed E-state index contributed by atoms with van der Waals surface area (Å²) < 4.78 is 5.81. The van der Waals surface area contributed by atoms with Gasteiger partial charge in [-0.15, -0.1) is 0 Å². The van der Waals surface area contributed by atoms with Crippen molar-refractivity contribution in [3.05, 3.63) is 53.1 Å². The summed E-state index contributed by atoms with van der Waals surface area (Å²) in [4.78, 5) is 14.9. The molecule has 5 heteroatoms. The number of hydrogen-bond donors (Lipinski definition) is 1. The van der Waals surface area contributed by atoms with Crippen molar-refractivity contribution >= 4 is 28.9 Å². The van der Waals surface area contributed by atoms with Crippen LogP contribution in [0, 0.1) is 0 Å². The van der Waals surface area contributed by atoms with E-state index in [0.717, 1.165) is 18.8 Å². The van der Waals surface area contributed by atoms with E-state index in [2.05, 4.69) is 24.1 Å². The second-order valence-electron chi connectivity index (χ2n) is 5.22. The van der Waals surface area contributed by atoms with E-state index in [0.29, 0.717) is 28.6 Å². The van der Waals surface area contributed by atoms with Crippen LogP contribution in [0.15, 0.2) is 42.5 Å². The summed E-state index contributed by atoms with van der Waals surface area (Å²) >= 11 is 5.98. The zero-order valence-corrected chi connectivity index (χ0v) is 15.1. The highest BCUT2D eigenvalue weighted by Gasteiger charge is 2.19. The molecule has 1 N–H and O–H groups in total. The normalized spacial score (nSPS) is 10.3. The van der Waals surface area contributed by atoms with E-state index in [1.165, 1.54) is 0 Å². The molecule has 128 valence electrons. The standard InChI is InChI=1S/C19H23ClN2O2/c1-4-22(5-2)17-12-8-11-16(18(17)24-6-3)19(23)21-15-10-7-9-14(20)13-15/h7-13H,4-6H2,1-3H3,(H,21,23). The Labute approximate surface area is 148 Å². The van der Waals surface area contributed by atoms with Crippen LogP contribution in [0.4, 0.5) is 11.4 Å². The molecule has 0 atom stereocenters. The molecule has 4 nitrogen and oxygen atoms in total. The molecule has 0 saturated carbocycles. The minimum Gasteiger partial charge on any atom is -0.491 e. The van der Waals surface area contributed by atoms with Crippen LogP contribution in [0.5, 0.6) is 5.75 Å². The van der Waals surface area contributed by atoms with Crippen molar-refractivity contribution in [1.82, 2.24) is 0 Å². The van der Waals surface area contributed by atoms with Gasteiger partial charge in [-0.25, -0.2) is 0 Å². The number of para-hydroxylation sites is 1. The number of carbonyl (C=O) groups is 1. The molecule has 0 aliphatic heterocycles. The van der Waals surface area contributed by atoms with E-state index in [-0.39, 0.29) is 5.91 Å². The maximum Gasteiger partial charge on any atom is 0.259 e. The van der Waals surface area contributed by atoms with Gasteiger partial charge in [0.25, 0.3) is 5.91 Å². The highest BCUT2D eigenvalue weighted by atomic mass is 35.5. The van der Waals surface area contributed by atoms with Crippen molar-refractivity contribution < 1.29 is 9.53 Å². The van der Waals surface area contributed by atoms with Gasteiger partial charge < -0.3 is 15.0 Å². The Balaban J connectivity index is 2.37. The second-order valence-corrected chi connectivity index (χ2v) is 5.66. The van der Waals surface area contributed by atoms with Gasteiger partial charge in [-0.05, 0) is 51.1 Å². The Morgan fingerprint density at radius 3 is 2.46 bits per heavy atom. The fourth-order valence-electron chi connectivity index (χ4n) is 2.58. The van der Waals surface area contributed by atoms with Gasteiger partial charge in [0.15, 0.2) is 5.75 Å². The summed E-state index contributed by atoms with van der Waals surface area (Å²) in [5, 5.41) is 3.46. The van der Waals surface area contributed by atoms with Crippen LogP contribution in [-0.2, 0) is 0 Å². The SMILES string of the molecule is CCOc1c(C(=O)Nc2cccc(Cl)c2)cccc1N(CC)CC. The summed E-state index contributed by atoms with van der Waals surface area (Å²) in [7, 11) is 0. The first-order chi connectivity index (χ1) is 11.6. The molecule has 2 aromatic carbocycles. The Hall–Kier alpha value is -2.20. The number of halogens is 1. The summed E-state index contributed by atoms with van der Waals surface area (Å²) in [5.41, 5.74) is 2.10. The number of ether oxygens (including phenoxy) is 1. The van der Waals surface area contributed by atoms with Crippen molar-refractivity contribution in [3.8, 4) is 5.75 Å². The van der Waals surface area contributed by atoms with Gasteiger partial charge in [0.2, 0.25) is 0 Å². The minimum atomic E-state index is -0.213. The van der Waals surface area contributed by atoms with Crippen LogP contribution in [0.1, 0.15) is 31.1 Å². The number of nitrogens with zero attached hydrogens (tertiary/aromatic N) is 1. The highest BCUT2D eigenvalue weighted by Crippen LogP contribution is 2.33. The van der Waals surface area contributed by atoms with Gasteiger partial charge in [0.1, 0.15) is 0 Å². The number of carbonyl (C=O) groups excluding carboxylic acids is 1. The molecule has 0 aromatic heterocycles. The molecule has 0 saturated heterocycles. The van der Waals surface area contributed by atoms with Crippen LogP contribution in [0.2, 0.25) is 5.02 Å². The highest BCUT2D eigenvalue weighted by molar-refractivity contribution is 6.31. The van der Waals surface area contributed by atoms with Crippen molar-refractivity contribution in [3.63, 3.8) is 0 Å². The van der Waals surface area contributed by atoms with Gasteiger partial charge in [-0.3, -0.25) is 4.79 Å². The first-order valence-corrected chi connectivity index (χ1v) is 8.56. The van der Waals surface area contributed by atoms with E-state index >= 15 is 0 Å². The lowest BCUT2D eigenvalue weighted by Crippen LogP contribution is -2.24. The molecule has 0 aliphatic rings. The van der Waals surface area contributed by atoms with Gasteiger partial charge in [-0.1, -0.05) is 23.7 Å². The summed E-state index contributed by atoms with van der Waals surface area (Å²) in [6.07, 6.45) is 0. The fraction of sp³-hybridized carbons (Fsp3) is 0.316. The van der Waals surface area contributed by atoms with Crippen molar-refractivity contribution in [2.75, 3.05) is 29.9 Å². The quantitative estimate of drug-likeness (QED) is 0.780. The third-order valence-electron chi connectivity index (χ3n) is 3.71. The van der Waals surface area contributed by atoms with Crippen LogP contribution in [0.3, 0.4) is 0 Å². The molecule has 2 aromatic rings. The van der Waals surface area contributed by atoms with E-state index in [1.54, 1.807) is 30.3 Å². The molecular weight excluding hydrogens is 324 g/mol. The zero-order valence-electron chi connectivity index (χ0n) is 14.3. The van der Waals surface area contributed by atoms with Crippen LogP contribution in [0.25, 0.3) is 0 Å². The molecule has 0 fully saturated rings. The number of hydrogen-bond acceptors (Lipinski definition) is 3. The van der Waals surface area contributed by atoms with Gasteiger partial charge in [0, 0.05) is 23.8 Å². The molecule has 0 radical (unpaired) electrons. The number of benzene rings is 2. The smallest absolute Gasteiger partial charge is 0.259 e. The number of anilines is 2. The maximum absolute atomic E-state index is 12.7. The zero-order chi connectivity index (χ0) is 17.5. The molecule has 0 bridgehead atoms. The molecule has 1 amide bonds. The van der Waals surface area contributed by atoms with E-state index in [1.807, 2.05) is 19.1 Å². The lowest BCUT2D eigenvalue weighted by atomic mass is 10.1. The Morgan fingerprint density at radius 2 is 1.83 bits per heavy atom. The topological polar surface area (TPSA) is 41.6 Å². The van der Waals surface area contributed by atoms with Gasteiger partial charge >= 0.3 is 0 Å². The first-order valence-electron chi connectivity index (χ1n) is 8.18. The van der Waals surface area contributed by atoms with E-state index in [4.69, 9.17) is 16.3 Å². The van der Waals surface area contributed by atoms with Crippen LogP contribution in [-0.4, -0.2) is 25.6 Å². The van der Waals surface area contributed by atoms with Crippen molar-refractivity contribution in [1.29, 1.82) is 0 Å². The van der Waals surface area contributed by atoms with Gasteiger partial charge in [-0.2, -0.15) is 0 Å². The predicted octanol–water partition coefficient (Wildman–Crippen LogP) is 4.84. The molecule has 0 unspecified atom stereocenters. The lowest BCUT2D eigenvalue weighted by Gasteiger charge is -2.25. The summed E-state index contributed by atoms with van der Waals surface area (Å²) in [6, 6.07) is 12.7. The maximum atomic E-state index is 12.7. The monoisotopic (exact) mass is 346 g/mol. The third kappa shape index (κ3) is 4.20. The molecule has 0 heterocycles.